The first-order valence-corrected chi connectivity index (χ1v) is 6.15. The van der Waals surface area contributed by atoms with Crippen LogP contribution >= 0.6 is 0 Å². The van der Waals surface area contributed by atoms with Crippen molar-refractivity contribution in [2.75, 3.05) is 20.8 Å². The number of hydrogen-bond donors (Lipinski definition) is 2. The quantitative estimate of drug-likeness (QED) is 0.639. The number of aliphatic carboxylic acids is 1. The molecule has 0 aliphatic rings. The Hall–Kier alpha value is -1.63. The molecule has 2 N–H and O–H groups in total. The van der Waals surface area contributed by atoms with E-state index in [0.717, 1.165) is 0 Å². The summed E-state index contributed by atoms with van der Waals surface area (Å²) in [6.45, 7) is 2.19. The molecule has 0 aromatic carbocycles. The molecule has 0 rings (SSSR count). The van der Waals surface area contributed by atoms with Gasteiger partial charge in [0.15, 0.2) is 0 Å². The van der Waals surface area contributed by atoms with Crippen molar-refractivity contribution < 1.29 is 24.2 Å². The normalized spacial score (nSPS) is 11.7. The van der Waals surface area contributed by atoms with Crippen molar-refractivity contribution in [3.8, 4) is 0 Å². The van der Waals surface area contributed by atoms with E-state index in [1.165, 1.54) is 12.0 Å². The van der Waals surface area contributed by atoms with Gasteiger partial charge in [-0.1, -0.05) is 0 Å². The van der Waals surface area contributed by atoms with Crippen LogP contribution in [0.5, 0.6) is 0 Å². The molecule has 3 amide bonds. The summed E-state index contributed by atoms with van der Waals surface area (Å²) in [5, 5.41) is 10.7. The van der Waals surface area contributed by atoms with Crippen LogP contribution in [-0.4, -0.2) is 54.7 Å². The maximum Gasteiger partial charge on any atom is 0.324 e. The topological polar surface area (TPSA) is 95.9 Å². The molecule has 7 heteroatoms. The van der Waals surface area contributed by atoms with Gasteiger partial charge in [-0.05, 0) is 19.8 Å². The number of urea groups is 1. The number of likely N-dealkylation sites (N-methyl/N-ethyl adjacent to an activating group) is 1. The molecule has 0 radical (unpaired) electrons. The van der Waals surface area contributed by atoms with Gasteiger partial charge in [-0.25, -0.2) is 4.79 Å². The van der Waals surface area contributed by atoms with Crippen molar-refractivity contribution >= 4 is 17.9 Å². The number of unbranched alkanes of at least 4 members (excludes halogenated alkanes) is 1. The van der Waals surface area contributed by atoms with E-state index in [4.69, 9.17) is 9.84 Å². The van der Waals surface area contributed by atoms with Gasteiger partial charge in [0.2, 0.25) is 5.91 Å². The lowest BCUT2D eigenvalue weighted by molar-refractivity contribution is -0.137. The molecule has 0 saturated heterocycles. The molecular weight excluding hydrogens is 252 g/mol. The summed E-state index contributed by atoms with van der Waals surface area (Å²) in [5.74, 6) is -1.28. The largest absolute Gasteiger partial charge is 0.481 e. The minimum absolute atomic E-state index is 0.0337. The zero-order chi connectivity index (χ0) is 14.8. The molecule has 110 valence electrons. The monoisotopic (exact) mass is 274 g/mol. The van der Waals surface area contributed by atoms with Crippen molar-refractivity contribution in [2.45, 2.75) is 38.6 Å². The molecule has 0 fully saturated rings. The molecule has 0 aliphatic carbocycles. The Morgan fingerprint density at radius 1 is 1.26 bits per heavy atom. The Bertz CT molecular complexity index is 319. The van der Waals surface area contributed by atoms with Gasteiger partial charge in [0.05, 0.1) is 12.6 Å². The zero-order valence-electron chi connectivity index (χ0n) is 11.6. The number of methoxy groups -OCH3 is 1. The minimum atomic E-state index is -0.885. The highest BCUT2D eigenvalue weighted by atomic mass is 16.5. The second-order valence-electron chi connectivity index (χ2n) is 4.37. The zero-order valence-corrected chi connectivity index (χ0v) is 11.6. The van der Waals surface area contributed by atoms with Crippen LogP contribution in [0, 0.1) is 0 Å². The highest BCUT2D eigenvalue weighted by Gasteiger charge is 2.17. The van der Waals surface area contributed by atoms with Crippen LogP contribution < -0.4 is 5.32 Å². The lowest BCUT2D eigenvalue weighted by Crippen LogP contribution is -2.46. The van der Waals surface area contributed by atoms with E-state index in [9.17, 15) is 14.4 Å². The molecule has 0 saturated carbocycles. The highest BCUT2D eigenvalue weighted by Crippen LogP contribution is 2.01. The van der Waals surface area contributed by atoms with E-state index in [-0.39, 0.29) is 18.9 Å². The molecule has 0 spiro atoms. The Balaban J connectivity index is 3.91. The van der Waals surface area contributed by atoms with Gasteiger partial charge < -0.3 is 14.7 Å². The third-order valence-electron chi connectivity index (χ3n) is 2.68. The molecular formula is C12H22N2O5. The third kappa shape index (κ3) is 8.15. The second-order valence-corrected chi connectivity index (χ2v) is 4.37. The van der Waals surface area contributed by atoms with E-state index in [1.54, 1.807) is 14.0 Å². The molecule has 1 atom stereocenters. The maximum absolute atomic E-state index is 11.7. The Morgan fingerprint density at radius 2 is 1.84 bits per heavy atom. The first-order chi connectivity index (χ1) is 8.88. The van der Waals surface area contributed by atoms with Crippen molar-refractivity contribution in [3.63, 3.8) is 0 Å². The van der Waals surface area contributed by atoms with E-state index in [1.807, 2.05) is 0 Å². The van der Waals surface area contributed by atoms with E-state index >= 15 is 0 Å². The van der Waals surface area contributed by atoms with Crippen molar-refractivity contribution in [1.82, 2.24) is 10.2 Å². The number of rotatable bonds is 8. The lowest BCUT2D eigenvalue weighted by Gasteiger charge is -2.24. The molecule has 0 heterocycles. The van der Waals surface area contributed by atoms with E-state index < -0.39 is 17.9 Å². The summed E-state index contributed by atoms with van der Waals surface area (Å²) < 4.78 is 4.92. The van der Waals surface area contributed by atoms with Gasteiger partial charge in [0, 0.05) is 27.0 Å². The fourth-order valence-corrected chi connectivity index (χ4v) is 1.38. The Kier molecular flexibility index (Phi) is 8.52. The third-order valence-corrected chi connectivity index (χ3v) is 2.68. The summed E-state index contributed by atoms with van der Waals surface area (Å²) in [7, 11) is 3.12. The van der Waals surface area contributed by atoms with E-state index in [0.29, 0.717) is 19.4 Å². The summed E-state index contributed by atoms with van der Waals surface area (Å²) in [4.78, 5) is 34.8. The number of carbonyl (C=O) groups excluding carboxylic acids is 2. The van der Waals surface area contributed by atoms with Crippen LogP contribution in [0.25, 0.3) is 0 Å². The average molecular weight is 274 g/mol. The number of carboxylic acid groups (broad SMARTS) is 1. The number of carbonyl (C=O) groups is 3. The minimum Gasteiger partial charge on any atom is -0.481 e. The van der Waals surface area contributed by atoms with Crippen LogP contribution in [-0.2, 0) is 14.3 Å². The molecule has 0 aromatic heterocycles. The van der Waals surface area contributed by atoms with Crippen LogP contribution in [0.4, 0.5) is 4.79 Å². The molecule has 7 nitrogen and oxygen atoms in total. The molecule has 1 unspecified atom stereocenters. The SMILES string of the molecule is COCC(C)N(C)C(=O)NC(=O)CCCCC(=O)O. The molecule has 0 aliphatic heterocycles. The van der Waals surface area contributed by atoms with Crippen LogP contribution in [0.1, 0.15) is 32.6 Å². The molecule has 0 aromatic rings. The number of imide groups is 1. The van der Waals surface area contributed by atoms with E-state index in [2.05, 4.69) is 5.32 Å². The van der Waals surface area contributed by atoms with Gasteiger partial charge in [-0.15, -0.1) is 0 Å². The predicted molar refractivity (Wildman–Crippen MR) is 68.7 cm³/mol. The van der Waals surface area contributed by atoms with Gasteiger partial charge in [0.25, 0.3) is 0 Å². The summed E-state index contributed by atoms with van der Waals surface area (Å²) in [5.41, 5.74) is 0. The second kappa shape index (κ2) is 9.32. The number of amides is 3. The van der Waals surface area contributed by atoms with Crippen LogP contribution in [0.2, 0.25) is 0 Å². The highest BCUT2D eigenvalue weighted by molar-refractivity contribution is 5.94. The van der Waals surface area contributed by atoms with Crippen LogP contribution in [0.3, 0.4) is 0 Å². The number of ether oxygens (including phenoxy) is 1. The van der Waals surface area contributed by atoms with Crippen molar-refractivity contribution in [3.05, 3.63) is 0 Å². The fraction of sp³-hybridized carbons (Fsp3) is 0.750. The average Bonchev–Trinajstić information content (AvgIpc) is 2.33. The van der Waals surface area contributed by atoms with Crippen molar-refractivity contribution in [2.24, 2.45) is 0 Å². The summed E-state index contributed by atoms with van der Waals surface area (Å²) in [6.07, 6.45) is 1.05. The van der Waals surface area contributed by atoms with Gasteiger partial charge in [0.1, 0.15) is 0 Å². The Morgan fingerprint density at radius 3 is 2.37 bits per heavy atom. The molecule has 19 heavy (non-hydrogen) atoms. The number of nitrogens with zero attached hydrogens (tertiary/aromatic N) is 1. The number of carboxylic acids is 1. The Labute approximate surface area is 112 Å². The standard InChI is InChI=1S/C12H22N2O5/c1-9(8-19-3)14(2)12(18)13-10(15)6-4-5-7-11(16)17/h9H,4-8H2,1-3H3,(H,16,17)(H,13,15,18). The first kappa shape index (κ1) is 17.4. The number of nitrogens with one attached hydrogen (secondary N) is 1. The number of hydrogen-bond acceptors (Lipinski definition) is 4. The lowest BCUT2D eigenvalue weighted by atomic mass is 10.2. The van der Waals surface area contributed by atoms with Gasteiger partial charge in [-0.2, -0.15) is 0 Å². The maximum atomic E-state index is 11.7. The van der Waals surface area contributed by atoms with Gasteiger partial charge in [-0.3, -0.25) is 14.9 Å². The fourth-order valence-electron chi connectivity index (χ4n) is 1.38. The molecule has 0 bridgehead atoms. The van der Waals surface area contributed by atoms with Gasteiger partial charge >= 0.3 is 12.0 Å². The first-order valence-electron chi connectivity index (χ1n) is 6.15. The van der Waals surface area contributed by atoms with Crippen LogP contribution in [0.15, 0.2) is 0 Å². The summed E-state index contributed by atoms with van der Waals surface area (Å²) in [6, 6.07) is -0.613. The predicted octanol–water partition coefficient (Wildman–Crippen LogP) is 0.834. The van der Waals surface area contributed by atoms with Crippen molar-refractivity contribution in [1.29, 1.82) is 0 Å². The smallest absolute Gasteiger partial charge is 0.324 e. The summed E-state index contributed by atoms with van der Waals surface area (Å²) >= 11 is 0.